The number of aliphatic imine (C=N–C) groups is 1. The van der Waals surface area contributed by atoms with Crippen molar-refractivity contribution in [3.05, 3.63) is 89.9 Å². The predicted octanol–water partition coefficient (Wildman–Crippen LogP) is 4.52. The van der Waals surface area contributed by atoms with Crippen molar-refractivity contribution < 1.29 is 0 Å². The highest BCUT2D eigenvalue weighted by Gasteiger charge is 2.25. The molecular weight excluding hydrogens is 282 g/mol. The average molecular weight is 299 g/mol. The third-order valence-corrected chi connectivity index (χ3v) is 3.97. The molecule has 0 spiro atoms. The molecule has 0 bridgehead atoms. The molecule has 1 aliphatic rings. The molecule has 0 radical (unpaired) electrons. The van der Waals surface area contributed by atoms with E-state index in [0.29, 0.717) is 11.7 Å². The van der Waals surface area contributed by atoms with Crippen molar-refractivity contribution in [3.63, 3.8) is 0 Å². The number of rotatable bonds is 4. The van der Waals surface area contributed by atoms with Crippen LogP contribution in [0.25, 0.3) is 0 Å². The Labute approximate surface area is 135 Å². The van der Waals surface area contributed by atoms with Crippen molar-refractivity contribution in [1.82, 2.24) is 9.97 Å². The Morgan fingerprint density at radius 2 is 1.39 bits per heavy atom. The molecule has 1 heterocycles. The minimum atomic E-state index is 0.614. The highest BCUT2D eigenvalue weighted by atomic mass is 14.9. The largest absolute Gasteiger partial charge is 0.255 e. The summed E-state index contributed by atoms with van der Waals surface area (Å²) in [7, 11) is 0. The van der Waals surface area contributed by atoms with E-state index in [0.717, 1.165) is 22.5 Å². The molecule has 1 saturated carbocycles. The van der Waals surface area contributed by atoms with E-state index < -0.39 is 0 Å². The van der Waals surface area contributed by atoms with Gasteiger partial charge in [-0.05, 0) is 12.8 Å². The van der Waals surface area contributed by atoms with E-state index in [1.165, 1.54) is 12.8 Å². The maximum absolute atomic E-state index is 4.76. The van der Waals surface area contributed by atoms with E-state index in [2.05, 4.69) is 34.2 Å². The van der Waals surface area contributed by atoms with Crippen molar-refractivity contribution in [2.75, 3.05) is 0 Å². The van der Waals surface area contributed by atoms with Crippen LogP contribution in [0.1, 0.15) is 35.6 Å². The van der Waals surface area contributed by atoms with Gasteiger partial charge in [0.15, 0.2) is 5.82 Å². The number of hydrogen-bond acceptors (Lipinski definition) is 3. The molecule has 0 N–H and O–H groups in total. The van der Waals surface area contributed by atoms with Crippen LogP contribution in [0.5, 0.6) is 0 Å². The van der Waals surface area contributed by atoms with Gasteiger partial charge in [-0.1, -0.05) is 60.7 Å². The summed E-state index contributed by atoms with van der Waals surface area (Å²) in [4.78, 5) is 13.8. The fourth-order valence-corrected chi connectivity index (χ4v) is 2.58. The molecule has 3 heteroatoms. The third-order valence-electron chi connectivity index (χ3n) is 3.97. The van der Waals surface area contributed by atoms with Gasteiger partial charge >= 0.3 is 0 Å². The van der Waals surface area contributed by atoms with Crippen molar-refractivity contribution >= 4 is 11.5 Å². The van der Waals surface area contributed by atoms with Crippen LogP contribution in [0, 0.1) is 0 Å². The van der Waals surface area contributed by atoms with Crippen LogP contribution in [0.4, 0.5) is 5.82 Å². The highest BCUT2D eigenvalue weighted by Crippen LogP contribution is 2.38. The molecule has 3 nitrogen and oxygen atoms in total. The SMILES string of the molecule is c1ccc(C(=Nc2cnc(C3CC3)cn2)c2ccccc2)cc1. The minimum absolute atomic E-state index is 0.614. The first kappa shape index (κ1) is 13.8. The smallest absolute Gasteiger partial charge is 0.171 e. The van der Waals surface area contributed by atoms with E-state index >= 15 is 0 Å². The lowest BCUT2D eigenvalue weighted by atomic mass is 10.0. The first-order valence-corrected chi connectivity index (χ1v) is 7.91. The molecule has 0 aliphatic heterocycles. The van der Waals surface area contributed by atoms with E-state index in [-0.39, 0.29) is 0 Å². The van der Waals surface area contributed by atoms with Crippen LogP contribution < -0.4 is 0 Å². The summed E-state index contributed by atoms with van der Waals surface area (Å²) >= 11 is 0. The van der Waals surface area contributed by atoms with Crippen LogP contribution in [-0.2, 0) is 0 Å². The van der Waals surface area contributed by atoms with Gasteiger partial charge in [0.05, 0.1) is 23.8 Å². The Kier molecular flexibility index (Phi) is 3.68. The number of aromatic nitrogens is 2. The molecule has 0 atom stereocenters. The summed E-state index contributed by atoms with van der Waals surface area (Å²) < 4.78 is 0. The van der Waals surface area contributed by atoms with Crippen LogP contribution >= 0.6 is 0 Å². The van der Waals surface area contributed by atoms with Crippen molar-refractivity contribution in [2.45, 2.75) is 18.8 Å². The number of benzene rings is 2. The van der Waals surface area contributed by atoms with Crippen molar-refractivity contribution in [3.8, 4) is 0 Å². The highest BCUT2D eigenvalue weighted by molar-refractivity contribution is 6.13. The van der Waals surface area contributed by atoms with Gasteiger partial charge in [0.25, 0.3) is 0 Å². The van der Waals surface area contributed by atoms with E-state index in [1.54, 1.807) is 6.20 Å². The van der Waals surface area contributed by atoms with Gasteiger partial charge in [-0.3, -0.25) is 4.98 Å². The second-order valence-corrected chi connectivity index (χ2v) is 5.77. The summed E-state index contributed by atoms with van der Waals surface area (Å²) in [5, 5.41) is 0. The molecule has 0 unspecified atom stereocenters. The first-order chi connectivity index (χ1) is 11.4. The lowest BCUT2D eigenvalue weighted by Crippen LogP contribution is -2.03. The second kappa shape index (κ2) is 6.13. The predicted molar refractivity (Wildman–Crippen MR) is 92.2 cm³/mol. The monoisotopic (exact) mass is 299 g/mol. The summed E-state index contributed by atoms with van der Waals surface area (Å²) in [6.07, 6.45) is 6.11. The Hall–Kier alpha value is -2.81. The molecule has 1 aliphatic carbocycles. The molecule has 23 heavy (non-hydrogen) atoms. The van der Waals surface area contributed by atoms with Gasteiger partial charge < -0.3 is 0 Å². The fourth-order valence-electron chi connectivity index (χ4n) is 2.58. The van der Waals surface area contributed by atoms with Gasteiger partial charge in [0.2, 0.25) is 0 Å². The maximum atomic E-state index is 4.76. The van der Waals surface area contributed by atoms with E-state index in [1.807, 2.05) is 42.6 Å². The second-order valence-electron chi connectivity index (χ2n) is 5.77. The molecule has 1 fully saturated rings. The summed E-state index contributed by atoms with van der Waals surface area (Å²) in [5.41, 5.74) is 4.16. The Bertz CT molecular complexity index is 763. The van der Waals surface area contributed by atoms with E-state index in [4.69, 9.17) is 4.99 Å². The van der Waals surface area contributed by atoms with Gasteiger partial charge in [-0.25, -0.2) is 9.98 Å². The molecule has 1 aromatic heterocycles. The zero-order valence-electron chi connectivity index (χ0n) is 12.8. The maximum Gasteiger partial charge on any atom is 0.171 e. The van der Waals surface area contributed by atoms with Gasteiger partial charge in [0.1, 0.15) is 0 Å². The van der Waals surface area contributed by atoms with Gasteiger partial charge in [0, 0.05) is 17.0 Å². The average Bonchev–Trinajstić information content (AvgIpc) is 3.47. The molecular formula is C20H17N3. The first-order valence-electron chi connectivity index (χ1n) is 7.91. The normalized spacial score (nSPS) is 13.6. The standard InChI is InChI=1S/C20H17N3/c1-3-7-16(8-4-1)20(17-9-5-2-6-10-17)23-19-14-21-18(13-22-19)15-11-12-15/h1-10,13-15H,11-12H2. The molecule has 0 amide bonds. The summed E-state index contributed by atoms with van der Waals surface area (Å²) in [6.45, 7) is 0. The minimum Gasteiger partial charge on any atom is -0.255 e. The van der Waals surface area contributed by atoms with Crippen LogP contribution in [0.2, 0.25) is 0 Å². The zero-order chi connectivity index (χ0) is 15.5. The molecule has 0 saturated heterocycles. The van der Waals surface area contributed by atoms with Crippen LogP contribution in [0.15, 0.2) is 78.0 Å². The Balaban J connectivity index is 1.75. The van der Waals surface area contributed by atoms with Gasteiger partial charge in [-0.15, -0.1) is 0 Å². The van der Waals surface area contributed by atoms with Crippen molar-refractivity contribution in [1.29, 1.82) is 0 Å². The van der Waals surface area contributed by atoms with E-state index in [9.17, 15) is 0 Å². The molecule has 112 valence electrons. The van der Waals surface area contributed by atoms with Crippen molar-refractivity contribution in [2.24, 2.45) is 4.99 Å². The zero-order valence-corrected chi connectivity index (χ0v) is 12.8. The molecule has 4 rings (SSSR count). The quantitative estimate of drug-likeness (QED) is 0.664. The lowest BCUT2D eigenvalue weighted by molar-refractivity contribution is 0.986. The third kappa shape index (κ3) is 3.19. The Morgan fingerprint density at radius 1 is 0.783 bits per heavy atom. The fraction of sp³-hybridized carbons (Fsp3) is 0.150. The summed E-state index contributed by atoms with van der Waals surface area (Å²) in [6, 6.07) is 20.4. The van der Waals surface area contributed by atoms with Crippen LogP contribution in [0.3, 0.4) is 0 Å². The van der Waals surface area contributed by atoms with Gasteiger partial charge in [-0.2, -0.15) is 0 Å². The lowest BCUT2D eigenvalue weighted by Gasteiger charge is -2.07. The summed E-state index contributed by atoms with van der Waals surface area (Å²) in [5.74, 6) is 1.26. The van der Waals surface area contributed by atoms with Crippen LogP contribution in [-0.4, -0.2) is 15.7 Å². The molecule has 3 aromatic rings. The topological polar surface area (TPSA) is 38.1 Å². The number of nitrogens with zero attached hydrogens (tertiary/aromatic N) is 3. The Morgan fingerprint density at radius 3 is 1.87 bits per heavy atom. The number of hydrogen-bond donors (Lipinski definition) is 0. The molecule has 2 aromatic carbocycles.